The Bertz CT molecular complexity index is 927. The van der Waals surface area contributed by atoms with Crippen molar-refractivity contribution < 1.29 is 14.3 Å². The molecule has 9 heteroatoms. The molecule has 2 aromatic carbocycles. The SMILES string of the molecule is CCCNC(=O)[C@@H](CC)N(Cc1ccc(Cl)c(Cl)c1)C(=O)COc1ccc(Cl)cc1Br. The van der Waals surface area contributed by atoms with Crippen molar-refractivity contribution in [3.8, 4) is 5.75 Å². The van der Waals surface area contributed by atoms with Crippen molar-refractivity contribution in [3.63, 3.8) is 0 Å². The summed E-state index contributed by atoms with van der Waals surface area (Å²) in [6, 6.07) is 9.52. The van der Waals surface area contributed by atoms with Gasteiger partial charge in [-0.3, -0.25) is 9.59 Å². The van der Waals surface area contributed by atoms with Crippen LogP contribution in [0.5, 0.6) is 5.75 Å². The van der Waals surface area contributed by atoms with Crippen LogP contribution in [0.15, 0.2) is 40.9 Å². The number of nitrogens with zero attached hydrogens (tertiary/aromatic N) is 1. The van der Waals surface area contributed by atoms with Gasteiger partial charge in [-0.1, -0.05) is 54.7 Å². The van der Waals surface area contributed by atoms with E-state index in [1.807, 2.05) is 13.8 Å². The molecule has 0 radical (unpaired) electrons. The van der Waals surface area contributed by atoms with Crippen LogP contribution in [0.3, 0.4) is 0 Å². The molecule has 0 aliphatic rings. The van der Waals surface area contributed by atoms with Crippen molar-refractivity contribution in [2.75, 3.05) is 13.2 Å². The van der Waals surface area contributed by atoms with Crippen LogP contribution in [0, 0.1) is 0 Å². The Morgan fingerprint density at radius 3 is 2.45 bits per heavy atom. The summed E-state index contributed by atoms with van der Waals surface area (Å²) >= 11 is 21.5. The fourth-order valence-corrected chi connectivity index (χ4v) is 4.05. The molecule has 0 aliphatic heterocycles. The zero-order valence-electron chi connectivity index (χ0n) is 17.3. The van der Waals surface area contributed by atoms with E-state index in [2.05, 4.69) is 21.2 Å². The molecule has 31 heavy (non-hydrogen) atoms. The monoisotopic (exact) mass is 548 g/mol. The summed E-state index contributed by atoms with van der Waals surface area (Å²) in [4.78, 5) is 27.4. The summed E-state index contributed by atoms with van der Waals surface area (Å²) in [5.74, 6) is -0.0485. The molecule has 1 N–H and O–H groups in total. The molecule has 0 bridgehead atoms. The van der Waals surface area contributed by atoms with Gasteiger partial charge in [0.05, 0.1) is 14.5 Å². The Hall–Kier alpha value is -1.47. The highest BCUT2D eigenvalue weighted by Gasteiger charge is 2.29. The zero-order valence-corrected chi connectivity index (χ0v) is 21.1. The first kappa shape index (κ1) is 25.8. The number of ether oxygens (including phenoxy) is 1. The van der Waals surface area contributed by atoms with E-state index >= 15 is 0 Å². The Kier molecular flexibility index (Phi) is 10.4. The van der Waals surface area contributed by atoms with Crippen molar-refractivity contribution in [2.24, 2.45) is 0 Å². The molecule has 2 amide bonds. The van der Waals surface area contributed by atoms with E-state index < -0.39 is 6.04 Å². The second-order valence-corrected chi connectivity index (χ2v) is 8.95. The fraction of sp³-hybridized carbons (Fsp3) is 0.364. The lowest BCUT2D eigenvalue weighted by atomic mass is 10.1. The lowest BCUT2D eigenvalue weighted by Gasteiger charge is -2.30. The summed E-state index contributed by atoms with van der Waals surface area (Å²) in [5.41, 5.74) is 0.761. The number of carbonyl (C=O) groups is 2. The summed E-state index contributed by atoms with van der Waals surface area (Å²) in [6.45, 7) is 4.33. The van der Waals surface area contributed by atoms with E-state index in [1.54, 1.807) is 36.4 Å². The van der Waals surface area contributed by atoms with Gasteiger partial charge in [0.1, 0.15) is 11.8 Å². The van der Waals surface area contributed by atoms with Crippen LogP contribution in [0.25, 0.3) is 0 Å². The number of nitrogens with one attached hydrogen (secondary N) is 1. The summed E-state index contributed by atoms with van der Waals surface area (Å²) in [7, 11) is 0. The van der Waals surface area contributed by atoms with E-state index in [1.165, 1.54) is 4.90 Å². The van der Waals surface area contributed by atoms with Gasteiger partial charge in [0.25, 0.3) is 5.91 Å². The number of hydrogen-bond acceptors (Lipinski definition) is 3. The minimum atomic E-state index is -0.647. The minimum Gasteiger partial charge on any atom is -0.483 e. The topological polar surface area (TPSA) is 58.6 Å². The van der Waals surface area contributed by atoms with Crippen molar-refractivity contribution in [1.29, 1.82) is 0 Å². The van der Waals surface area contributed by atoms with Crippen LogP contribution >= 0.6 is 50.7 Å². The second-order valence-electron chi connectivity index (χ2n) is 6.85. The average Bonchev–Trinajstić information content (AvgIpc) is 2.73. The van der Waals surface area contributed by atoms with E-state index in [-0.39, 0.29) is 25.0 Å². The molecule has 168 valence electrons. The third-order valence-corrected chi connectivity index (χ3v) is 6.11. The minimum absolute atomic E-state index is 0.193. The van der Waals surface area contributed by atoms with Gasteiger partial charge in [0.2, 0.25) is 5.91 Å². The number of benzene rings is 2. The number of halogens is 4. The van der Waals surface area contributed by atoms with Gasteiger partial charge in [0.15, 0.2) is 6.61 Å². The number of amides is 2. The molecule has 0 spiro atoms. The maximum atomic E-state index is 13.2. The van der Waals surface area contributed by atoms with E-state index in [0.717, 1.165) is 12.0 Å². The zero-order chi connectivity index (χ0) is 23.0. The molecule has 0 aromatic heterocycles. The molecular weight excluding hydrogens is 527 g/mol. The van der Waals surface area contributed by atoms with E-state index in [0.29, 0.717) is 38.3 Å². The highest BCUT2D eigenvalue weighted by Crippen LogP contribution is 2.28. The highest BCUT2D eigenvalue weighted by molar-refractivity contribution is 9.10. The maximum Gasteiger partial charge on any atom is 0.261 e. The molecule has 0 heterocycles. The van der Waals surface area contributed by atoms with Crippen LogP contribution in [0.2, 0.25) is 15.1 Å². The smallest absolute Gasteiger partial charge is 0.261 e. The van der Waals surface area contributed by atoms with Gasteiger partial charge >= 0.3 is 0 Å². The van der Waals surface area contributed by atoms with Gasteiger partial charge in [0, 0.05) is 18.1 Å². The number of hydrogen-bond donors (Lipinski definition) is 1. The van der Waals surface area contributed by atoms with Crippen molar-refractivity contribution >= 4 is 62.5 Å². The normalized spacial score (nSPS) is 11.7. The lowest BCUT2D eigenvalue weighted by molar-refractivity contribution is -0.143. The van der Waals surface area contributed by atoms with Gasteiger partial charge in [-0.25, -0.2) is 0 Å². The quantitative estimate of drug-likeness (QED) is 0.388. The van der Waals surface area contributed by atoms with E-state index in [9.17, 15) is 9.59 Å². The maximum absolute atomic E-state index is 13.2. The summed E-state index contributed by atoms with van der Waals surface area (Å²) in [5, 5.41) is 4.23. The molecule has 0 saturated heterocycles. The highest BCUT2D eigenvalue weighted by atomic mass is 79.9. The first-order valence-corrected chi connectivity index (χ1v) is 11.8. The molecular formula is C22H24BrCl3N2O3. The predicted molar refractivity (Wildman–Crippen MR) is 129 cm³/mol. The molecule has 0 saturated carbocycles. The molecule has 0 fully saturated rings. The molecule has 2 aromatic rings. The molecule has 0 aliphatic carbocycles. The predicted octanol–water partition coefficient (Wildman–Crippen LogP) is 6.12. The van der Waals surface area contributed by atoms with Crippen LogP contribution in [0.4, 0.5) is 0 Å². The van der Waals surface area contributed by atoms with Crippen LogP contribution in [-0.4, -0.2) is 35.9 Å². The Morgan fingerprint density at radius 2 is 1.84 bits per heavy atom. The first-order chi connectivity index (χ1) is 14.8. The first-order valence-electron chi connectivity index (χ1n) is 9.85. The standard InChI is InChI=1S/C22H24BrCl3N2O3/c1-3-9-27-22(30)19(4-2)28(12-14-5-7-17(25)18(26)10-14)21(29)13-31-20-8-6-15(24)11-16(20)23/h5-8,10-11,19H,3-4,9,12-13H2,1-2H3,(H,27,30)/t19-/m1/s1. The summed E-state index contributed by atoms with van der Waals surface area (Å²) in [6.07, 6.45) is 1.25. The Labute approximate surface area is 206 Å². The third kappa shape index (κ3) is 7.56. The average molecular weight is 551 g/mol. The van der Waals surface area contributed by atoms with Crippen LogP contribution in [-0.2, 0) is 16.1 Å². The molecule has 0 unspecified atom stereocenters. The number of rotatable bonds is 10. The Morgan fingerprint density at radius 1 is 1.10 bits per heavy atom. The Balaban J connectivity index is 2.24. The van der Waals surface area contributed by atoms with Gasteiger partial charge < -0.3 is 15.0 Å². The van der Waals surface area contributed by atoms with Gasteiger partial charge in [-0.15, -0.1) is 0 Å². The second kappa shape index (κ2) is 12.5. The van der Waals surface area contributed by atoms with Crippen molar-refractivity contribution in [1.82, 2.24) is 10.2 Å². The van der Waals surface area contributed by atoms with Gasteiger partial charge in [-0.2, -0.15) is 0 Å². The van der Waals surface area contributed by atoms with Crippen LogP contribution in [0.1, 0.15) is 32.3 Å². The fourth-order valence-electron chi connectivity index (χ4n) is 2.93. The van der Waals surface area contributed by atoms with Crippen molar-refractivity contribution in [2.45, 2.75) is 39.3 Å². The number of carbonyl (C=O) groups excluding carboxylic acids is 2. The van der Waals surface area contributed by atoms with Crippen molar-refractivity contribution in [3.05, 3.63) is 61.5 Å². The van der Waals surface area contributed by atoms with E-state index in [4.69, 9.17) is 39.5 Å². The largest absolute Gasteiger partial charge is 0.483 e. The lowest BCUT2D eigenvalue weighted by Crippen LogP contribution is -2.50. The molecule has 1 atom stereocenters. The van der Waals surface area contributed by atoms with Gasteiger partial charge in [-0.05, 0) is 64.7 Å². The third-order valence-electron chi connectivity index (χ3n) is 4.52. The molecule has 2 rings (SSSR count). The van der Waals surface area contributed by atoms with Crippen LogP contribution < -0.4 is 10.1 Å². The molecule has 5 nitrogen and oxygen atoms in total. The summed E-state index contributed by atoms with van der Waals surface area (Å²) < 4.78 is 6.33.